The Morgan fingerprint density at radius 1 is 1.12 bits per heavy atom. The molecule has 3 rings (SSSR count). The van der Waals surface area contributed by atoms with Gasteiger partial charge in [-0.3, -0.25) is 0 Å². The van der Waals surface area contributed by atoms with E-state index in [1.165, 1.54) is 0 Å². The Labute approximate surface area is 150 Å². The molecule has 0 radical (unpaired) electrons. The quantitative estimate of drug-likeness (QED) is 0.528. The van der Waals surface area contributed by atoms with Gasteiger partial charge in [-0.05, 0) is 32.0 Å². The fourth-order valence-electron chi connectivity index (χ4n) is 2.14. The summed E-state index contributed by atoms with van der Waals surface area (Å²) in [6.45, 7) is 5.22. The van der Waals surface area contributed by atoms with E-state index in [0.29, 0.717) is 31.0 Å². The van der Waals surface area contributed by atoms with Crippen LogP contribution in [0.4, 0.5) is 23.5 Å². The zero-order valence-corrected chi connectivity index (χ0v) is 15.2. The Kier molecular flexibility index (Phi) is 5.56. The SMILES string of the molecule is CNc1nc(NCCOC(C)C)nc(Nc2ccc3ncsc3c2)n1. The van der Waals surface area contributed by atoms with Crippen LogP contribution in [0.5, 0.6) is 0 Å². The summed E-state index contributed by atoms with van der Waals surface area (Å²) in [6, 6.07) is 5.95. The molecular formula is C16H21N7OS. The molecule has 0 saturated heterocycles. The van der Waals surface area contributed by atoms with Crippen LogP contribution in [0.15, 0.2) is 23.7 Å². The van der Waals surface area contributed by atoms with Crippen LogP contribution >= 0.6 is 11.3 Å². The van der Waals surface area contributed by atoms with E-state index in [4.69, 9.17) is 4.74 Å². The molecule has 2 aromatic heterocycles. The average Bonchev–Trinajstić information content (AvgIpc) is 3.06. The second kappa shape index (κ2) is 8.04. The van der Waals surface area contributed by atoms with Gasteiger partial charge in [0.05, 0.1) is 28.4 Å². The molecule has 0 saturated carbocycles. The van der Waals surface area contributed by atoms with E-state index < -0.39 is 0 Å². The largest absolute Gasteiger partial charge is 0.377 e. The molecule has 0 amide bonds. The Morgan fingerprint density at radius 2 is 1.92 bits per heavy atom. The van der Waals surface area contributed by atoms with Crippen LogP contribution < -0.4 is 16.0 Å². The summed E-state index contributed by atoms with van der Waals surface area (Å²) >= 11 is 1.60. The predicted molar refractivity (Wildman–Crippen MR) is 102 cm³/mol. The highest BCUT2D eigenvalue weighted by Gasteiger charge is 2.07. The van der Waals surface area contributed by atoms with Gasteiger partial charge >= 0.3 is 0 Å². The van der Waals surface area contributed by atoms with Crippen molar-refractivity contribution in [1.82, 2.24) is 19.9 Å². The van der Waals surface area contributed by atoms with Crippen LogP contribution in [0.25, 0.3) is 10.2 Å². The molecule has 3 aromatic rings. The average molecular weight is 359 g/mol. The second-order valence-electron chi connectivity index (χ2n) is 5.56. The number of nitrogens with one attached hydrogen (secondary N) is 3. The first-order chi connectivity index (χ1) is 12.1. The number of nitrogens with zero attached hydrogens (tertiary/aromatic N) is 4. The third-order valence-corrected chi connectivity index (χ3v) is 4.07. The predicted octanol–water partition coefficient (Wildman–Crippen LogP) is 3.10. The smallest absolute Gasteiger partial charge is 0.233 e. The summed E-state index contributed by atoms with van der Waals surface area (Å²) in [7, 11) is 1.77. The molecule has 132 valence electrons. The van der Waals surface area contributed by atoms with Gasteiger partial charge in [0.25, 0.3) is 0 Å². The maximum Gasteiger partial charge on any atom is 0.233 e. The van der Waals surface area contributed by atoms with Crippen molar-refractivity contribution >= 4 is 45.1 Å². The van der Waals surface area contributed by atoms with Crippen molar-refractivity contribution in [1.29, 1.82) is 0 Å². The Bertz CT molecular complexity index is 836. The summed E-state index contributed by atoms with van der Waals surface area (Å²) in [5, 5.41) is 9.31. The summed E-state index contributed by atoms with van der Waals surface area (Å²) in [4.78, 5) is 17.3. The van der Waals surface area contributed by atoms with E-state index in [1.54, 1.807) is 18.4 Å². The first kappa shape index (κ1) is 17.3. The molecule has 25 heavy (non-hydrogen) atoms. The topological polar surface area (TPSA) is 96.9 Å². The standard InChI is InChI=1S/C16H21N7OS/c1-10(2)24-7-6-18-15-21-14(17-3)22-16(23-15)20-11-4-5-12-13(8-11)25-9-19-12/h4-5,8-10H,6-7H2,1-3H3,(H3,17,18,20,21,22,23). The number of benzene rings is 1. The van der Waals surface area contributed by atoms with Gasteiger partial charge in [-0.15, -0.1) is 11.3 Å². The molecule has 0 aliphatic rings. The number of rotatable bonds is 8. The number of thiazole rings is 1. The van der Waals surface area contributed by atoms with Crippen molar-refractivity contribution in [3.63, 3.8) is 0 Å². The van der Waals surface area contributed by atoms with Crippen molar-refractivity contribution in [2.75, 3.05) is 36.1 Å². The van der Waals surface area contributed by atoms with Crippen LogP contribution in [0.2, 0.25) is 0 Å². The summed E-state index contributed by atoms with van der Waals surface area (Å²) in [5.74, 6) is 1.45. The number of ether oxygens (including phenoxy) is 1. The van der Waals surface area contributed by atoms with E-state index in [0.717, 1.165) is 15.9 Å². The number of fused-ring (bicyclic) bond motifs is 1. The highest BCUT2D eigenvalue weighted by atomic mass is 32.1. The van der Waals surface area contributed by atoms with Crippen molar-refractivity contribution in [3.8, 4) is 0 Å². The molecule has 0 aliphatic carbocycles. The van der Waals surface area contributed by atoms with Gasteiger partial charge in [-0.2, -0.15) is 15.0 Å². The molecule has 9 heteroatoms. The molecule has 3 N–H and O–H groups in total. The molecular weight excluding hydrogens is 338 g/mol. The van der Waals surface area contributed by atoms with Gasteiger partial charge < -0.3 is 20.7 Å². The third kappa shape index (κ3) is 4.74. The van der Waals surface area contributed by atoms with Crippen molar-refractivity contribution in [2.24, 2.45) is 0 Å². The molecule has 0 bridgehead atoms. The number of hydrogen-bond acceptors (Lipinski definition) is 9. The van der Waals surface area contributed by atoms with Crippen molar-refractivity contribution in [3.05, 3.63) is 23.7 Å². The van der Waals surface area contributed by atoms with E-state index in [-0.39, 0.29) is 6.10 Å². The molecule has 1 aromatic carbocycles. The van der Waals surface area contributed by atoms with Crippen molar-refractivity contribution in [2.45, 2.75) is 20.0 Å². The molecule has 0 fully saturated rings. The van der Waals surface area contributed by atoms with E-state index >= 15 is 0 Å². The zero-order chi connectivity index (χ0) is 17.6. The lowest BCUT2D eigenvalue weighted by Gasteiger charge is -2.11. The van der Waals surface area contributed by atoms with E-state index in [9.17, 15) is 0 Å². The van der Waals surface area contributed by atoms with Gasteiger partial charge in [0.1, 0.15) is 0 Å². The lowest BCUT2D eigenvalue weighted by atomic mass is 10.3. The summed E-state index contributed by atoms with van der Waals surface area (Å²) < 4.78 is 6.62. The normalized spacial score (nSPS) is 11.0. The van der Waals surface area contributed by atoms with Crippen LogP contribution in [-0.4, -0.2) is 46.2 Å². The van der Waals surface area contributed by atoms with Crippen LogP contribution in [0.1, 0.15) is 13.8 Å². The Hall–Kier alpha value is -2.52. The highest BCUT2D eigenvalue weighted by Crippen LogP contribution is 2.23. The summed E-state index contributed by atoms with van der Waals surface area (Å²) in [6.07, 6.45) is 0.201. The lowest BCUT2D eigenvalue weighted by molar-refractivity contribution is 0.0870. The number of hydrogen-bond donors (Lipinski definition) is 3. The maximum absolute atomic E-state index is 5.51. The minimum atomic E-state index is 0.201. The molecule has 8 nitrogen and oxygen atoms in total. The molecule has 0 unspecified atom stereocenters. The lowest BCUT2D eigenvalue weighted by Crippen LogP contribution is -2.16. The fourth-order valence-corrected chi connectivity index (χ4v) is 2.86. The minimum Gasteiger partial charge on any atom is -0.377 e. The molecule has 2 heterocycles. The van der Waals surface area contributed by atoms with Crippen molar-refractivity contribution < 1.29 is 4.74 Å². The third-order valence-electron chi connectivity index (χ3n) is 3.28. The minimum absolute atomic E-state index is 0.201. The van der Waals surface area contributed by atoms with Gasteiger partial charge in [0.2, 0.25) is 17.8 Å². The zero-order valence-electron chi connectivity index (χ0n) is 14.4. The van der Waals surface area contributed by atoms with Gasteiger partial charge in [-0.25, -0.2) is 4.98 Å². The number of aromatic nitrogens is 4. The molecule has 0 spiro atoms. The monoisotopic (exact) mass is 359 g/mol. The van der Waals surface area contributed by atoms with Gasteiger partial charge in [-0.1, -0.05) is 0 Å². The van der Waals surface area contributed by atoms with Crippen LogP contribution in [0.3, 0.4) is 0 Å². The van der Waals surface area contributed by atoms with Crippen LogP contribution in [0, 0.1) is 0 Å². The summed E-state index contributed by atoms with van der Waals surface area (Å²) in [5.41, 5.74) is 3.71. The Balaban J connectivity index is 1.72. The van der Waals surface area contributed by atoms with Gasteiger partial charge in [0, 0.05) is 19.3 Å². The van der Waals surface area contributed by atoms with E-state index in [1.807, 2.05) is 37.6 Å². The second-order valence-corrected chi connectivity index (χ2v) is 6.45. The maximum atomic E-state index is 5.51. The van der Waals surface area contributed by atoms with Gasteiger partial charge in [0.15, 0.2) is 0 Å². The van der Waals surface area contributed by atoms with E-state index in [2.05, 4.69) is 35.9 Å². The first-order valence-electron chi connectivity index (χ1n) is 8.03. The van der Waals surface area contributed by atoms with Crippen LogP contribution in [-0.2, 0) is 4.74 Å². The fraction of sp³-hybridized carbons (Fsp3) is 0.375. The molecule has 0 atom stereocenters. The molecule has 0 aliphatic heterocycles. The number of anilines is 4. The Morgan fingerprint density at radius 3 is 2.72 bits per heavy atom. The first-order valence-corrected chi connectivity index (χ1v) is 8.91. The highest BCUT2D eigenvalue weighted by molar-refractivity contribution is 7.16.